The van der Waals surface area contributed by atoms with E-state index >= 15 is 0 Å². The molecule has 1 fully saturated rings. The van der Waals surface area contributed by atoms with Crippen molar-refractivity contribution in [1.82, 2.24) is 4.98 Å². The largest absolute Gasteiger partial charge is 0.490 e. The van der Waals surface area contributed by atoms with E-state index in [1.54, 1.807) is 6.20 Å². The molecule has 1 aliphatic rings. The summed E-state index contributed by atoms with van der Waals surface area (Å²) in [6.45, 7) is 6.07. The van der Waals surface area contributed by atoms with Crippen LogP contribution in [0.2, 0.25) is 0 Å². The summed E-state index contributed by atoms with van der Waals surface area (Å²) in [5.74, 6) is 1.66. The molecule has 0 bridgehead atoms. The van der Waals surface area contributed by atoms with E-state index in [2.05, 4.69) is 16.8 Å². The number of aliphatic hydroxyl groups is 1. The maximum absolute atomic E-state index is 10.0. The van der Waals surface area contributed by atoms with E-state index in [0.29, 0.717) is 19.7 Å². The molecule has 1 saturated heterocycles. The van der Waals surface area contributed by atoms with E-state index in [4.69, 9.17) is 4.74 Å². The van der Waals surface area contributed by atoms with Gasteiger partial charge in [0.1, 0.15) is 0 Å². The number of pyridine rings is 1. The predicted molar refractivity (Wildman–Crippen MR) is 67.5 cm³/mol. The van der Waals surface area contributed by atoms with Crippen LogP contribution in [0.4, 0.5) is 5.82 Å². The van der Waals surface area contributed by atoms with Gasteiger partial charge in [-0.05, 0) is 25.0 Å². The Labute approximate surface area is 102 Å². The van der Waals surface area contributed by atoms with Crippen molar-refractivity contribution >= 4 is 5.82 Å². The van der Waals surface area contributed by atoms with Crippen LogP contribution < -0.4 is 9.64 Å². The van der Waals surface area contributed by atoms with E-state index in [1.807, 2.05) is 19.1 Å². The lowest BCUT2D eigenvalue weighted by Crippen LogP contribution is -2.61. The zero-order valence-corrected chi connectivity index (χ0v) is 10.5. The third-order valence-corrected chi connectivity index (χ3v) is 3.14. The fourth-order valence-electron chi connectivity index (χ4n) is 1.98. The second-order valence-corrected chi connectivity index (χ2v) is 4.61. The summed E-state index contributed by atoms with van der Waals surface area (Å²) in [5, 5.41) is 10.0. The molecular formula is C13H20N2O2. The third-order valence-electron chi connectivity index (χ3n) is 3.14. The Morgan fingerprint density at radius 2 is 2.24 bits per heavy atom. The molecule has 2 rings (SSSR count). The fraction of sp³-hybridized carbons (Fsp3) is 0.615. The minimum absolute atomic E-state index is 0.542. The number of anilines is 1. The summed E-state index contributed by atoms with van der Waals surface area (Å²) in [6, 6.07) is 3.81. The highest BCUT2D eigenvalue weighted by atomic mass is 16.5. The number of nitrogens with zero attached hydrogens (tertiary/aromatic N) is 2. The first-order valence-electron chi connectivity index (χ1n) is 6.23. The van der Waals surface area contributed by atoms with Gasteiger partial charge in [0.05, 0.1) is 25.3 Å². The molecule has 1 N–H and O–H groups in total. The van der Waals surface area contributed by atoms with Gasteiger partial charge in [-0.3, -0.25) is 0 Å². The quantitative estimate of drug-likeness (QED) is 0.847. The minimum Gasteiger partial charge on any atom is -0.490 e. The molecule has 0 amide bonds. The highest BCUT2D eigenvalue weighted by Gasteiger charge is 2.41. The number of ether oxygens (including phenoxy) is 1. The molecule has 17 heavy (non-hydrogen) atoms. The van der Waals surface area contributed by atoms with Crippen molar-refractivity contribution in [3.8, 4) is 5.75 Å². The molecular weight excluding hydrogens is 216 g/mol. The second kappa shape index (κ2) is 4.92. The van der Waals surface area contributed by atoms with Gasteiger partial charge in [-0.25, -0.2) is 4.98 Å². The second-order valence-electron chi connectivity index (χ2n) is 4.61. The lowest BCUT2D eigenvalue weighted by molar-refractivity contribution is 0.00777. The van der Waals surface area contributed by atoms with Crippen LogP contribution in [0.3, 0.4) is 0 Å². The normalized spacial score (nSPS) is 17.7. The average Bonchev–Trinajstić information content (AvgIpc) is 2.33. The van der Waals surface area contributed by atoms with Crippen molar-refractivity contribution in [2.24, 2.45) is 0 Å². The van der Waals surface area contributed by atoms with Gasteiger partial charge in [-0.2, -0.15) is 0 Å². The summed E-state index contributed by atoms with van der Waals surface area (Å²) in [5.41, 5.74) is -0.542. The molecule has 0 unspecified atom stereocenters. The van der Waals surface area contributed by atoms with Crippen LogP contribution in [0.5, 0.6) is 5.75 Å². The molecule has 1 aromatic heterocycles. The maximum atomic E-state index is 10.0. The van der Waals surface area contributed by atoms with Gasteiger partial charge in [-0.1, -0.05) is 13.8 Å². The van der Waals surface area contributed by atoms with Gasteiger partial charge in [0, 0.05) is 6.20 Å². The molecule has 0 aromatic carbocycles. The Bertz CT molecular complexity index is 375. The van der Waals surface area contributed by atoms with Crippen LogP contribution >= 0.6 is 0 Å². The Hall–Kier alpha value is -1.29. The van der Waals surface area contributed by atoms with Crippen molar-refractivity contribution in [2.45, 2.75) is 32.3 Å². The third kappa shape index (κ3) is 2.52. The van der Waals surface area contributed by atoms with Gasteiger partial charge in [0.25, 0.3) is 0 Å². The Balaban J connectivity index is 2.06. The first kappa shape index (κ1) is 12.2. The van der Waals surface area contributed by atoms with Crippen molar-refractivity contribution < 1.29 is 9.84 Å². The Morgan fingerprint density at radius 3 is 2.88 bits per heavy atom. The zero-order valence-electron chi connectivity index (χ0n) is 10.5. The predicted octanol–water partition coefficient (Wildman–Crippen LogP) is 1.83. The van der Waals surface area contributed by atoms with Crippen molar-refractivity contribution in [1.29, 1.82) is 0 Å². The van der Waals surface area contributed by atoms with Gasteiger partial charge < -0.3 is 14.7 Å². The highest BCUT2D eigenvalue weighted by molar-refractivity contribution is 5.55. The molecule has 4 nitrogen and oxygen atoms in total. The lowest BCUT2D eigenvalue weighted by Gasteiger charge is -2.47. The van der Waals surface area contributed by atoms with E-state index in [1.165, 1.54) is 0 Å². The molecule has 0 atom stereocenters. The topological polar surface area (TPSA) is 45.6 Å². The van der Waals surface area contributed by atoms with Gasteiger partial charge in [0.2, 0.25) is 0 Å². The summed E-state index contributed by atoms with van der Waals surface area (Å²) >= 11 is 0. The standard InChI is InChI=1S/C13H20N2O2/c1-3-8-17-11-6-5-7-14-12(11)15-9-13(16,4-2)10-15/h5-7,16H,3-4,8-10H2,1-2H3. The summed E-state index contributed by atoms with van der Waals surface area (Å²) < 4.78 is 5.66. The highest BCUT2D eigenvalue weighted by Crippen LogP contribution is 2.34. The molecule has 94 valence electrons. The number of hydrogen-bond acceptors (Lipinski definition) is 4. The monoisotopic (exact) mass is 236 g/mol. The molecule has 0 saturated carbocycles. The van der Waals surface area contributed by atoms with Crippen LogP contribution in [0.1, 0.15) is 26.7 Å². The minimum atomic E-state index is -0.542. The lowest BCUT2D eigenvalue weighted by atomic mass is 9.91. The van der Waals surface area contributed by atoms with E-state index in [9.17, 15) is 5.11 Å². The van der Waals surface area contributed by atoms with Crippen molar-refractivity contribution in [2.75, 3.05) is 24.6 Å². The summed E-state index contributed by atoms with van der Waals surface area (Å²) in [4.78, 5) is 6.41. The van der Waals surface area contributed by atoms with Gasteiger partial charge in [0.15, 0.2) is 11.6 Å². The van der Waals surface area contributed by atoms with Crippen molar-refractivity contribution in [3.63, 3.8) is 0 Å². The van der Waals surface area contributed by atoms with Crippen LogP contribution in [0, 0.1) is 0 Å². The average molecular weight is 236 g/mol. The van der Waals surface area contributed by atoms with Crippen LogP contribution in [-0.2, 0) is 0 Å². The first-order chi connectivity index (χ1) is 8.18. The van der Waals surface area contributed by atoms with E-state index in [-0.39, 0.29) is 0 Å². The summed E-state index contributed by atoms with van der Waals surface area (Å²) in [7, 11) is 0. The molecule has 2 heterocycles. The fourth-order valence-corrected chi connectivity index (χ4v) is 1.98. The molecule has 0 aliphatic carbocycles. The van der Waals surface area contributed by atoms with E-state index in [0.717, 1.165) is 24.4 Å². The number of hydrogen-bond donors (Lipinski definition) is 1. The van der Waals surface area contributed by atoms with Crippen LogP contribution in [0.25, 0.3) is 0 Å². The van der Waals surface area contributed by atoms with E-state index < -0.39 is 5.60 Å². The molecule has 0 radical (unpaired) electrons. The molecule has 4 heteroatoms. The van der Waals surface area contributed by atoms with Crippen LogP contribution in [0.15, 0.2) is 18.3 Å². The Kier molecular flexibility index (Phi) is 3.52. The first-order valence-corrected chi connectivity index (χ1v) is 6.23. The molecule has 1 aliphatic heterocycles. The molecule has 0 spiro atoms. The van der Waals surface area contributed by atoms with Gasteiger partial charge >= 0.3 is 0 Å². The zero-order chi connectivity index (χ0) is 12.3. The number of rotatable bonds is 5. The maximum Gasteiger partial charge on any atom is 0.171 e. The van der Waals surface area contributed by atoms with Gasteiger partial charge in [-0.15, -0.1) is 0 Å². The summed E-state index contributed by atoms with van der Waals surface area (Å²) in [6.07, 6.45) is 3.52. The van der Waals surface area contributed by atoms with Crippen molar-refractivity contribution in [3.05, 3.63) is 18.3 Å². The Morgan fingerprint density at radius 1 is 1.47 bits per heavy atom. The SMILES string of the molecule is CCCOc1cccnc1N1CC(O)(CC)C1. The van der Waals surface area contributed by atoms with Crippen LogP contribution in [-0.4, -0.2) is 35.4 Å². The molecule has 1 aromatic rings. The smallest absolute Gasteiger partial charge is 0.171 e. The number of β-amino-alcohol motifs (C(OH)–C–C–N with tert-alkyl or cyclic N) is 1. The number of aromatic nitrogens is 1.